The molecule has 0 aliphatic heterocycles. The fourth-order valence-corrected chi connectivity index (χ4v) is 8.99. The second-order valence-corrected chi connectivity index (χ2v) is 11.9. The highest BCUT2D eigenvalue weighted by Gasteiger charge is 2.59. The van der Waals surface area contributed by atoms with E-state index < -0.39 is 0 Å². The molecule has 2 N–H and O–H groups in total. The van der Waals surface area contributed by atoms with Gasteiger partial charge in [-0.3, -0.25) is 0 Å². The van der Waals surface area contributed by atoms with Crippen LogP contribution in [0.25, 0.3) is 0 Å². The van der Waals surface area contributed by atoms with Crippen molar-refractivity contribution in [1.82, 2.24) is 0 Å². The van der Waals surface area contributed by atoms with E-state index in [4.69, 9.17) is 10.5 Å². The quantitative estimate of drug-likeness (QED) is 0.343. The smallest absolute Gasteiger partial charge is 0.105 e. The molecule has 7 atom stereocenters. The summed E-state index contributed by atoms with van der Waals surface area (Å²) in [4.78, 5) is 0. The van der Waals surface area contributed by atoms with Gasteiger partial charge in [-0.25, -0.2) is 0 Å². The van der Waals surface area contributed by atoms with Gasteiger partial charge < -0.3 is 10.5 Å². The van der Waals surface area contributed by atoms with Gasteiger partial charge in [-0.15, -0.1) is 0 Å². The summed E-state index contributed by atoms with van der Waals surface area (Å²) in [5.74, 6) is 5.97. The maximum absolute atomic E-state index is 5.28. The van der Waals surface area contributed by atoms with Gasteiger partial charge >= 0.3 is 0 Å². The number of ether oxygens (including phenoxy) is 1. The first-order valence-electron chi connectivity index (χ1n) is 13.9. The van der Waals surface area contributed by atoms with Gasteiger partial charge in [0.25, 0.3) is 0 Å². The Morgan fingerprint density at radius 3 is 2.22 bits per heavy atom. The molecule has 4 saturated carbocycles. The third kappa shape index (κ3) is 4.86. The van der Waals surface area contributed by atoms with Crippen LogP contribution in [-0.4, -0.2) is 13.7 Å². The molecule has 0 radical (unpaired) electrons. The Morgan fingerprint density at radius 2 is 1.59 bits per heavy atom. The van der Waals surface area contributed by atoms with E-state index in [1.165, 1.54) is 38.5 Å². The van der Waals surface area contributed by atoms with Crippen molar-refractivity contribution in [3.05, 3.63) is 23.5 Å². The van der Waals surface area contributed by atoms with Crippen molar-refractivity contribution in [2.75, 3.05) is 13.7 Å². The Bertz CT molecular complexity index is 660. The molecular formula is C30H53NO. The first-order valence-corrected chi connectivity index (χ1v) is 13.9. The molecule has 0 bridgehead atoms. The number of allylic oxidation sites excluding steroid dienone is 3. The summed E-state index contributed by atoms with van der Waals surface area (Å²) in [6.07, 6.45) is 22.0. The monoisotopic (exact) mass is 443 g/mol. The molecule has 0 aromatic heterocycles. The molecule has 4 aliphatic carbocycles. The Morgan fingerprint density at radius 1 is 0.875 bits per heavy atom. The predicted molar refractivity (Wildman–Crippen MR) is 138 cm³/mol. The topological polar surface area (TPSA) is 35.2 Å². The summed E-state index contributed by atoms with van der Waals surface area (Å²) in [5.41, 5.74) is 8.32. The van der Waals surface area contributed by atoms with Crippen LogP contribution in [0.15, 0.2) is 23.5 Å². The van der Waals surface area contributed by atoms with Crippen LogP contribution in [0.3, 0.4) is 0 Å². The second kappa shape index (κ2) is 11.1. The molecule has 7 unspecified atom stereocenters. The molecule has 2 nitrogen and oxygen atoms in total. The molecule has 4 fully saturated rings. The van der Waals surface area contributed by atoms with Crippen molar-refractivity contribution in [3.8, 4) is 0 Å². The minimum Gasteiger partial charge on any atom is -0.500 e. The van der Waals surface area contributed by atoms with E-state index in [1.54, 1.807) is 44.8 Å². The van der Waals surface area contributed by atoms with Crippen LogP contribution in [0.5, 0.6) is 0 Å². The third-order valence-electron chi connectivity index (χ3n) is 10.6. The molecule has 2 heteroatoms. The predicted octanol–water partition coefficient (Wildman–Crippen LogP) is 8.28. The maximum atomic E-state index is 5.28. The number of rotatable bonds is 5. The molecule has 0 aromatic carbocycles. The minimum atomic E-state index is 0.504. The lowest BCUT2D eigenvalue weighted by Crippen LogP contribution is -2.52. The van der Waals surface area contributed by atoms with E-state index in [0.29, 0.717) is 17.4 Å². The molecule has 4 aliphatic rings. The van der Waals surface area contributed by atoms with Crippen molar-refractivity contribution < 1.29 is 4.74 Å². The van der Waals surface area contributed by atoms with Crippen LogP contribution >= 0.6 is 0 Å². The van der Waals surface area contributed by atoms with Gasteiger partial charge in [-0.05, 0) is 118 Å². The molecule has 4 rings (SSSR count). The fourth-order valence-electron chi connectivity index (χ4n) is 8.99. The van der Waals surface area contributed by atoms with Crippen molar-refractivity contribution >= 4 is 0 Å². The number of methoxy groups -OCH3 is 1. The van der Waals surface area contributed by atoms with Crippen LogP contribution in [-0.2, 0) is 4.74 Å². The summed E-state index contributed by atoms with van der Waals surface area (Å²) in [5, 5.41) is 0. The molecule has 0 saturated heterocycles. The van der Waals surface area contributed by atoms with E-state index in [0.717, 1.165) is 41.8 Å². The molecule has 0 amide bonds. The third-order valence-corrected chi connectivity index (χ3v) is 10.6. The molecule has 0 heterocycles. The van der Waals surface area contributed by atoms with Gasteiger partial charge in [0.1, 0.15) is 5.76 Å². The number of fused-ring (bicyclic) bond motifs is 5. The number of nitrogens with two attached hydrogens (primary N) is 1. The summed E-state index contributed by atoms with van der Waals surface area (Å²) in [6.45, 7) is 12.7. The van der Waals surface area contributed by atoms with Gasteiger partial charge in [0.05, 0.1) is 13.7 Å². The van der Waals surface area contributed by atoms with Gasteiger partial charge in [0.2, 0.25) is 0 Å². The first kappa shape index (κ1) is 25.9. The van der Waals surface area contributed by atoms with E-state index in [9.17, 15) is 0 Å². The molecule has 32 heavy (non-hydrogen) atoms. The zero-order valence-electron chi connectivity index (χ0n) is 22.2. The lowest BCUT2D eigenvalue weighted by molar-refractivity contribution is -0.108. The van der Waals surface area contributed by atoms with Crippen LogP contribution in [0, 0.1) is 40.4 Å². The summed E-state index contributed by atoms with van der Waals surface area (Å²) < 4.78 is 4.88. The zero-order chi connectivity index (χ0) is 23.4. The van der Waals surface area contributed by atoms with Crippen LogP contribution < -0.4 is 5.73 Å². The normalized spacial score (nSPS) is 41.7. The van der Waals surface area contributed by atoms with E-state index in [2.05, 4.69) is 40.7 Å². The van der Waals surface area contributed by atoms with Crippen molar-refractivity contribution in [2.45, 2.75) is 112 Å². The largest absolute Gasteiger partial charge is 0.500 e. The van der Waals surface area contributed by atoms with Crippen LogP contribution in [0.4, 0.5) is 0 Å². The van der Waals surface area contributed by atoms with Crippen molar-refractivity contribution in [3.63, 3.8) is 0 Å². The SMILES string of the molecule is CC/C=C(\C)C1CCC2C3CCC4CCCCC4(C)C3CCC12C.CC/C=C(\CN)OC. The fraction of sp³-hybridized carbons (Fsp3) is 0.867. The Hall–Kier alpha value is -0.760. The van der Waals surface area contributed by atoms with Gasteiger partial charge in [0.15, 0.2) is 0 Å². The van der Waals surface area contributed by atoms with Crippen LogP contribution in [0.1, 0.15) is 112 Å². The Kier molecular flexibility index (Phi) is 8.98. The highest BCUT2D eigenvalue weighted by atomic mass is 16.5. The number of hydrogen-bond acceptors (Lipinski definition) is 2. The van der Waals surface area contributed by atoms with Crippen LogP contribution in [0.2, 0.25) is 0 Å². The van der Waals surface area contributed by atoms with Gasteiger partial charge in [-0.2, -0.15) is 0 Å². The zero-order valence-corrected chi connectivity index (χ0v) is 22.2. The average Bonchev–Trinajstić information content (AvgIpc) is 3.15. The molecular weight excluding hydrogens is 390 g/mol. The van der Waals surface area contributed by atoms with E-state index >= 15 is 0 Å². The van der Waals surface area contributed by atoms with Crippen molar-refractivity contribution in [1.29, 1.82) is 0 Å². The molecule has 184 valence electrons. The Balaban J connectivity index is 0.000000312. The molecule has 0 spiro atoms. The van der Waals surface area contributed by atoms with Gasteiger partial charge in [-0.1, -0.05) is 52.2 Å². The molecule has 0 aromatic rings. The van der Waals surface area contributed by atoms with Gasteiger partial charge in [0, 0.05) is 0 Å². The summed E-state index contributed by atoms with van der Waals surface area (Å²) >= 11 is 0. The lowest BCUT2D eigenvalue weighted by atomic mass is 9.44. The lowest BCUT2D eigenvalue weighted by Gasteiger charge is -2.60. The second-order valence-electron chi connectivity index (χ2n) is 11.9. The minimum absolute atomic E-state index is 0.504. The highest BCUT2D eigenvalue weighted by Crippen LogP contribution is 2.68. The first-order chi connectivity index (χ1) is 15.4. The average molecular weight is 444 g/mol. The van der Waals surface area contributed by atoms with Crippen molar-refractivity contribution in [2.24, 2.45) is 46.2 Å². The highest BCUT2D eigenvalue weighted by molar-refractivity contribution is 5.17. The number of hydrogen-bond donors (Lipinski definition) is 1. The van der Waals surface area contributed by atoms with E-state index in [1.807, 2.05) is 6.08 Å². The Labute approximate surface area is 199 Å². The van der Waals surface area contributed by atoms with E-state index in [-0.39, 0.29) is 0 Å². The standard InChI is InChI=1S/C24H40.C6H13NO/c1-5-8-17(2)20-12-13-21-19-11-10-18-9-6-7-15-23(18,3)22(19)14-16-24(20,21)4;1-3-4-6(5-7)8-2/h8,18-22H,5-7,9-16H2,1-4H3;4H,3,5,7H2,1-2H3/b17-8+;6-4+. The summed E-state index contributed by atoms with van der Waals surface area (Å²) in [6, 6.07) is 0. The summed E-state index contributed by atoms with van der Waals surface area (Å²) in [7, 11) is 1.63. The maximum Gasteiger partial charge on any atom is 0.105 e.